The van der Waals surface area contributed by atoms with Crippen molar-refractivity contribution in [2.24, 2.45) is 0 Å². The van der Waals surface area contributed by atoms with Crippen LogP contribution in [0.5, 0.6) is 0 Å². The van der Waals surface area contributed by atoms with Gasteiger partial charge in [0.15, 0.2) is 5.82 Å². The molecule has 4 rings (SSSR count). The van der Waals surface area contributed by atoms with Gasteiger partial charge in [0, 0.05) is 28.7 Å². The average Bonchev–Trinajstić information content (AvgIpc) is 3.14. The van der Waals surface area contributed by atoms with Crippen LogP contribution < -0.4 is 10.6 Å². The number of anilines is 1. The highest BCUT2D eigenvalue weighted by molar-refractivity contribution is 6.31. The van der Waals surface area contributed by atoms with Crippen molar-refractivity contribution in [3.05, 3.63) is 47.7 Å². The van der Waals surface area contributed by atoms with E-state index in [-0.39, 0.29) is 0 Å². The number of aromatic amines is 1. The van der Waals surface area contributed by atoms with Gasteiger partial charge in [-0.05, 0) is 32.0 Å². The van der Waals surface area contributed by atoms with Crippen molar-refractivity contribution in [2.75, 3.05) is 11.9 Å². The van der Waals surface area contributed by atoms with Crippen LogP contribution in [0.1, 0.15) is 13.8 Å². The van der Waals surface area contributed by atoms with Gasteiger partial charge in [0.2, 0.25) is 5.91 Å². The molecule has 0 saturated heterocycles. The number of benzene rings is 1. The Labute approximate surface area is 185 Å². The maximum absolute atomic E-state index is 12.5. The van der Waals surface area contributed by atoms with Crippen molar-refractivity contribution in [2.45, 2.75) is 25.6 Å². The number of fused-ring (bicyclic) bond motifs is 2. The summed E-state index contributed by atoms with van der Waals surface area (Å²) in [4.78, 5) is 28.9. The number of carbonyl (C=O) groups excluding carboxylic acids is 1. The number of halogens is 4. The van der Waals surface area contributed by atoms with Crippen molar-refractivity contribution in [1.29, 1.82) is 0 Å². The van der Waals surface area contributed by atoms with Crippen LogP contribution in [0.3, 0.4) is 0 Å². The van der Waals surface area contributed by atoms with E-state index >= 15 is 0 Å². The molecule has 0 saturated carbocycles. The van der Waals surface area contributed by atoms with Gasteiger partial charge in [0.1, 0.15) is 23.5 Å². The van der Waals surface area contributed by atoms with Gasteiger partial charge in [-0.25, -0.2) is 15.0 Å². The molecule has 3 N–H and O–H groups in total. The molecule has 166 valence electrons. The Bertz CT molecular complexity index is 1320. The van der Waals surface area contributed by atoms with Crippen molar-refractivity contribution in [3.63, 3.8) is 0 Å². The minimum absolute atomic E-state index is 0.307. The molecular weight excluding hydrogens is 445 g/mol. The highest BCUT2D eigenvalue weighted by atomic mass is 35.5. The van der Waals surface area contributed by atoms with E-state index in [0.29, 0.717) is 44.2 Å². The third-order valence-corrected chi connectivity index (χ3v) is 5.00. The largest absolute Gasteiger partial charge is 0.405 e. The number of alkyl halides is 3. The number of H-pyrrole nitrogens is 1. The molecule has 4 aromatic rings. The van der Waals surface area contributed by atoms with Crippen LogP contribution in [0.4, 0.5) is 19.0 Å². The molecule has 0 unspecified atom stereocenters. The Morgan fingerprint density at radius 2 is 1.91 bits per heavy atom. The number of aromatic nitrogens is 4. The van der Waals surface area contributed by atoms with Crippen molar-refractivity contribution >= 4 is 45.3 Å². The molecule has 1 aromatic carbocycles. The Morgan fingerprint density at radius 1 is 1.16 bits per heavy atom. The topological polar surface area (TPSA) is 95.6 Å². The predicted molar refractivity (Wildman–Crippen MR) is 116 cm³/mol. The number of nitrogens with one attached hydrogen (secondary N) is 3. The molecule has 0 spiro atoms. The number of nitrogens with zero attached hydrogens (tertiary/aromatic N) is 3. The van der Waals surface area contributed by atoms with Gasteiger partial charge in [-0.15, -0.1) is 0 Å². The van der Waals surface area contributed by atoms with E-state index in [1.54, 1.807) is 36.5 Å². The highest BCUT2D eigenvalue weighted by Crippen LogP contribution is 2.31. The summed E-state index contributed by atoms with van der Waals surface area (Å²) in [5.41, 5.74) is 0.451. The lowest BCUT2D eigenvalue weighted by Crippen LogP contribution is -2.50. The van der Waals surface area contributed by atoms with Gasteiger partial charge in [0.25, 0.3) is 0 Å². The first-order valence-corrected chi connectivity index (χ1v) is 9.94. The second kappa shape index (κ2) is 7.94. The van der Waals surface area contributed by atoms with E-state index < -0.39 is 24.2 Å². The molecule has 0 aliphatic carbocycles. The first-order chi connectivity index (χ1) is 15.0. The second-order valence-electron chi connectivity index (χ2n) is 7.71. The quantitative estimate of drug-likeness (QED) is 0.399. The van der Waals surface area contributed by atoms with Gasteiger partial charge in [-0.3, -0.25) is 4.79 Å². The standard InChI is InChI=1S/C21H18ClF3N6O/c1-20(2,19(32)28-10-21(23,24)25)31-18-12-5-3-4-6-15(12)29-17(30-18)14-9-27-16-13(14)7-11(22)8-26-16/h3-9H,10H2,1-2H3,(H,26,27)(H,28,32)(H,29,30,31). The Hall–Kier alpha value is -3.40. The van der Waals surface area contributed by atoms with Crippen LogP contribution in [0, 0.1) is 0 Å². The second-order valence-corrected chi connectivity index (χ2v) is 8.15. The maximum atomic E-state index is 12.5. The molecule has 1 amide bonds. The molecule has 7 nitrogen and oxygen atoms in total. The van der Waals surface area contributed by atoms with E-state index in [2.05, 4.69) is 25.3 Å². The fraction of sp³-hybridized carbons (Fsp3) is 0.238. The van der Waals surface area contributed by atoms with Crippen LogP contribution in [0.15, 0.2) is 42.7 Å². The van der Waals surface area contributed by atoms with Crippen LogP contribution in [0.2, 0.25) is 5.02 Å². The average molecular weight is 463 g/mol. The molecule has 0 atom stereocenters. The summed E-state index contributed by atoms with van der Waals surface area (Å²) in [6.45, 7) is 1.53. The fourth-order valence-electron chi connectivity index (χ4n) is 3.21. The smallest absolute Gasteiger partial charge is 0.356 e. The summed E-state index contributed by atoms with van der Waals surface area (Å²) in [5, 5.41) is 6.65. The molecule has 0 aliphatic rings. The molecule has 0 aliphatic heterocycles. The summed E-state index contributed by atoms with van der Waals surface area (Å²) in [5.74, 6) is -0.169. The zero-order chi connectivity index (χ0) is 23.1. The summed E-state index contributed by atoms with van der Waals surface area (Å²) in [6.07, 6.45) is -1.30. The normalized spacial score (nSPS) is 12.3. The summed E-state index contributed by atoms with van der Waals surface area (Å²) in [6, 6.07) is 8.86. The monoisotopic (exact) mass is 462 g/mol. The molecule has 3 heterocycles. The predicted octanol–water partition coefficient (Wildman–Crippen LogP) is 4.70. The zero-order valence-electron chi connectivity index (χ0n) is 17.0. The van der Waals surface area contributed by atoms with Gasteiger partial charge in [-0.1, -0.05) is 23.7 Å². The lowest BCUT2D eigenvalue weighted by Gasteiger charge is -2.26. The lowest BCUT2D eigenvalue weighted by molar-refractivity contribution is -0.140. The van der Waals surface area contributed by atoms with Crippen LogP contribution >= 0.6 is 11.6 Å². The van der Waals surface area contributed by atoms with E-state index in [1.165, 1.54) is 20.0 Å². The van der Waals surface area contributed by atoms with Gasteiger partial charge >= 0.3 is 6.18 Å². The van der Waals surface area contributed by atoms with Crippen LogP contribution in [0.25, 0.3) is 33.3 Å². The Kier molecular flexibility index (Phi) is 5.41. The molecular formula is C21H18ClF3N6O. The van der Waals surface area contributed by atoms with E-state index in [4.69, 9.17) is 11.6 Å². The molecule has 0 fully saturated rings. The molecule has 11 heteroatoms. The van der Waals surface area contributed by atoms with Crippen molar-refractivity contribution < 1.29 is 18.0 Å². The van der Waals surface area contributed by atoms with Gasteiger partial charge < -0.3 is 15.6 Å². The number of carbonyl (C=O) groups is 1. The maximum Gasteiger partial charge on any atom is 0.405 e. The van der Waals surface area contributed by atoms with E-state index in [9.17, 15) is 18.0 Å². The fourth-order valence-corrected chi connectivity index (χ4v) is 3.37. The first kappa shape index (κ1) is 21.8. The van der Waals surface area contributed by atoms with Crippen molar-refractivity contribution in [1.82, 2.24) is 25.3 Å². The summed E-state index contributed by atoms with van der Waals surface area (Å²) >= 11 is 6.09. The third kappa shape index (κ3) is 4.45. The number of hydrogen-bond acceptors (Lipinski definition) is 5. The number of para-hydroxylation sites is 1. The van der Waals surface area contributed by atoms with E-state index in [0.717, 1.165) is 0 Å². The lowest BCUT2D eigenvalue weighted by atomic mass is 10.0. The Balaban J connectivity index is 1.76. The van der Waals surface area contributed by atoms with Gasteiger partial charge in [0.05, 0.1) is 10.5 Å². The van der Waals surface area contributed by atoms with E-state index in [1.807, 2.05) is 5.32 Å². The van der Waals surface area contributed by atoms with Gasteiger partial charge in [-0.2, -0.15) is 13.2 Å². The van der Waals surface area contributed by atoms with Crippen molar-refractivity contribution in [3.8, 4) is 11.4 Å². The zero-order valence-corrected chi connectivity index (χ0v) is 17.8. The SMILES string of the molecule is CC(C)(Nc1nc(-c2c[nH]c3ncc(Cl)cc23)nc2ccccc12)C(=O)NCC(F)(F)F. The first-order valence-electron chi connectivity index (χ1n) is 9.56. The number of amides is 1. The minimum Gasteiger partial charge on any atom is -0.356 e. The number of hydrogen-bond donors (Lipinski definition) is 3. The number of rotatable bonds is 5. The highest BCUT2D eigenvalue weighted by Gasteiger charge is 2.33. The van der Waals surface area contributed by atoms with Crippen LogP contribution in [-0.4, -0.2) is 44.1 Å². The van der Waals surface area contributed by atoms with Crippen LogP contribution in [-0.2, 0) is 4.79 Å². The molecule has 3 aromatic heterocycles. The summed E-state index contributed by atoms with van der Waals surface area (Å²) < 4.78 is 37.6. The minimum atomic E-state index is -4.51. The molecule has 32 heavy (non-hydrogen) atoms. The Morgan fingerprint density at radius 3 is 2.66 bits per heavy atom. The third-order valence-electron chi connectivity index (χ3n) is 4.79. The molecule has 0 radical (unpaired) electrons. The number of pyridine rings is 1. The summed E-state index contributed by atoms with van der Waals surface area (Å²) in [7, 11) is 0. The molecule has 0 bridgehead atoms.